The van der Waals surface area contributed by atoms with Crippen molar-refractivity contribution in [1.82, 2.24) is 9.55 Å². The van der Waals surface area contributed by atoms with Crippen molar-refractivity contribution in [3.8, 4) is 0 Å². The van der Waals surface area contributed by atoms with Crippen LogP contribution in [0.15, 0.2) is 41.6 Å². The van der Waals surface area contributed by atoms with Crippen LogP contribution >= 0.6 is 11.8 Å². The van der Waals surface area contributed by atoms with Gasteiger partial charge < -0.3 is 4.57 Å². The molecule has 2 heterocycles. The van der Waals surface area contributed by atoms with Gasteiger partial charge in [0.1, 0.15) is 5.82 Å². The molecule has 0 aliphatic carbocycles. The van der Waals surface area contributed by atoms with Crippen LogP contribution in [0.2, 0.25) is 0 Å². The predicted octanol–water partition coefficient (Wildman–Crippen LogP) is 3.73. The van der Waals surface area contributed by atoms with Gasteiger partial charge in [-0.05, 0) is 18.1 Å². The minimum absolute atomic E-state index is 0.635. The van der Waals surface area contributed by atoms with Gasteiger partial charge in [0.05, 0.1) is 0 Å². The molecule has 18 heavy (non-hydrogen) atoms. The van der Waals surface area contributed by atoms with E-state index < -0.39 is 0 Å². The van der Waals surface area contributed by atoms with Crippen molar-refractivity contribution in [2.45, 2.75) is 37.1 Å². The van der Waals surface area contributed by atoms with E-state index in [0.29, 0.717) is 5.92 Å². The molecule has 1 aromatic heterocycles. The summed E-state index contributed by atoms with van der Waals surface area (Å²) in [5.41, 5.74) is 1.51. The van der Waals surface area contributed by atoms with Gasteiger partial charge in [0.2, 0.25) is 0 Å². The monoisotopic (exact) mass is 258 g/mol. The number of fused-ring (bicyclic) bond motifs is 1. The van der Waals surface area contributed by atoms with E-state index in [9.17, 15) is 0 Å². The van der Waals surface area contributed by atoms with Crippen molar-refractivity contribution in [2.75, 3.05) is 5.75 Å². The maximum Gasteiger partial charge on any atom is 0.108 e. The highest BCUT2D eigenvalue weighted by molar-refractivity contribution is 7.99. The minimum Gasteiger partial charge on any atom is -0.334 e. The lowest BCUT2D eigenvalue weighted by molar-refractivity contribution is 0.575. The van der Waals surface area contributed by atoms with Crippen molar-refractivity contribution >= 4 is 11.8 Å². The largest absolute Gasteiger partial charge is 0.334 e. The molecule has 94 valence electrons. The highest BCUT2D eigenvalue weighted by Crippen LogP contribution is 2.40. The lowest BCUT2D eigenvalue weighted by Crippen LogP contribution is -2.11. The van der Waals surface area contributed by atoms with E-state index in [0.717, 1.165) is 19.4 Å². The Morgan fingerprint density at radius 3 is 3.17 bits per heavy atom. The van der Waals surface area contributed by atoms with Gasteiger partial charge in [0.25, 0.3) is 0 Å². The maximum absolute atomic E-state index is 4.46. The van der Waals surface area contributed by atoms with Crippen LogP contribution in [0.5, 0.6) is 0 Å². The van der Waals surface area contributed by atoms with Crippen LogP contribution in [0, 0.1) is 0 Å². The third kappa shape index (κ3) is 2.19. The second-order valence-corrected chi connectivity index (χ2v) is 5.85. The highest BCUT2D eigenvalue weighted by Gasteiger charge is 2.23. The normalized spacial score (nSPS) is 17.9. The molecule has 1 unspecified atom stereocenters. The summed E-state index contributed by atoms with van der Waals surface area (Å²) < 4.78 is 2.33. The summed E-state index contributed by atoms with van der Waals surface area (Å²) in [5, 5.41) is 0. The summed E-state index contributed by atoms with van der Waals surface area (Å²) in [6, 6.07) is 8.80. The Labute approximate surface area is 112 Å². The fourth-order valence-corrected chi connectivity index (χ4v) is 3.82. The van der Waals surface area contributed by atoms with Crippen molar-refractivity contribution in [3.05, 3.63) is 48.0 Å². The molecule has 1 aliphatic rings. The third-order valence-electron chi connectivity index (χ3n) is 3.49. The lowest BCUT2D eigenvalue weighted by atomic mass is 10.0. The number of hydrogen-bond acceptors (Lipinski definition) is 2. The van der Waals surface area contributed by atoms with Crippen LogP contribution < -0.4 is 0 Å². The molecule has 3 rings (SSSR count). The van der Waals surface area contributed by atoms with Gasteiger partial charge in [-0.15, -0.1) is 11.8 Å². The summed E-state index contributed by atoms with van der Waals surface area (Å²) in [6.45, 7) is 3.28. The topological polar surface area (TPSA) is 17.8 Å². The Morgan fingerprint density at radius 1 is 1.39 bits per heavy atom. The smallest absolute Gasteiger partial charge is 0.108 e. The quantitative estimate of drug-likeness (QED) is 0.831. The molecule has 0 spiro atoms. The fourth-order valence-electron chi connectivity index (χ4n) is 2.58. The van der Waals surface area contributed by atoms with Crippen molar-refractivity contribution in [1.29, 1.82) is 0 Å². The second-order valence-electron chi connectivity index (χ2n) is 4.79. The number of nitrogens with zero attached hydrogens (tertiary/aromatic N) is 2. The molecule has 3 heteroatoms. The molecule has 0 bridgehead atoms. The highest BCUT2D eigenvalue weighted by atomic mass is 32.2. The molecule has 2 nitrogen and oxygen atoms in total. The Bertz CT molecular complexity index is 533. The Morgan fingerprint density at radius 2 is 2.28 bits per heavy atom. The van der Waals surface area contributed by atoms with E-state index >= 15 is 0 Å². The first kappa shape index (κ1) is 11.8. The molecule has 0 N–H and O–H groups in total. The number of benzene rings is 1. The standard InChI is InChI=1S/C15H18N2S/c1-2-5-15-16-8-9-17(15)10-12-11-18-14-7-4-3-6-13(12)14/h3-4,6-9,12H,2,5,10-11H2,1H3. The summed E-state index contributed by atoms with van der Waals surface area (Å²) in [4.78, 5) is 5.92. The van der Waals surface area contributed by atoms with Crippen LogP contribution in [-0.4, -0.2) is 15.3 Å². The molecule has 1 aliphatic heterocycles. The van der Waals surface area contributed by atoms with Crippen LogP contribution in [-0.2, 0) is 13.0 Å². The van der Waals surface area contributed by atoms with Crippen molar-refractivity contribution in [3.63, 3.8) is 0 Å². The summed E-state index contributed by atoms with van der Waals surface area (Å²) >= 11 is 1.98. The molecule has 0 radical (unpaired) electrons. The number of hydrogen-bond donors (Lipinski definition) is 0. The average molecular weight is 258 g/mol. The van der Waals surface area contributed by atoms with Gasteiger partial charge in [-0.2, -0.15) is 0 Å². The van der Waals surface area contributed by atoms with Crippen molar-refractivity contribution < 1.29 is 0 Å². The molecule has 1 aromatic carbocycles. The second kappa shape index (κ2) is 5.19. The maximum atomic E-state index is 4.46. The van der Waals surface area contributed by atoms with Crippen LogP contribution in [0.4, 0.5) is 0 Å². The van der Waals surface area contributed by atoms with E-state index in [-0.39, 0.29) is 0 Å². The number of thioether (sulfide) groups is 1. The van der Waals surface area contributed by atoms with E-state index in [1.807, 2.05) is 18.0 Å². The average Bonchev–Trinajstić information content (AvgIpc) is 2.99. The Hall–Kier alpha value is -1.22. The van der Waals surface area contributed by atoms with Gasteiger partial charge >= 0.3 is 0 Å². The number of rotatable bonds is 4. The zero-order valence-corrected chi connectivity index (χ0v) is 11.5. The molecule has 0 saturated carbocycles. The van der Waals surface area contributed by atoms with E-state index in [4.69, 9.17) is 0 Å². The number of imidazole rings is 1. The zero-order chi connectivity index (χ0) is 12.4. The molecule has 2 aromatic rings. The third-order valence-corrected chi connectivity index (χ3v) is 4.74. The fraction of sp³-hybridized carbons (Fsp3) is 0.400. The first-order valence-electron chi connectivity index (χ1n) is 6.60. The summed E-state index contributed by atoms with van der Waals surface area (Å²) in [5.74, 6) is 3.06. The van der Waals surface area contributed by atoms with E-state index in [1.165, 1.54) is 22.0 Å². The zero-order valence-electron chi connectivity index (χ0n) is 10.7. The molecule has 0 amide bonds. The predicted molar refractivity (Wildman–Crippen MR) is 76.1 cm³/mol. The Kier molecular flexibility index (Phi) is 3.41. The lowest BCUT2D eigenvalue weighted by Gasteiger charge is -2.13. The van der Waals surface area contributed by atoms with Crippen molar-refractivity contribution in [2.24, 2.45) is 0 Å². The number of aromatic nitrogens is 2. The van der Waals surface area contributed by atoms with Crippen LogP contribution in [0.25, 0.3) is 0 Å². The summed E-state index contributed by atoms with van der Waals surface area (Å²) in [6.07, 6.45) is 6.29. The molecule has 1 atom stereocenters. The van der Waals surface area contributed by atoms with E-state index in [1.54, 1.807) is 0 Å². The number of aryl methyl sites for hydroxylation is 1. The molecule has 0 fully saturated rings. The van der Waals surface area contributed by atoms with Gasteiger partial charge in [0, 0.05) is 41.9 Å². The summed E-state index contributed by atoms with van der Waals surface area (Å²) in [7, 11) is 0. The Balaban J connectivity index is 1.80. The van der Waals surface area contributed by atoms with Crippen LogP contribution in [0.3, 0.4) is 0 Å². The van der Waals surface area contributed by atoms with Gasteiger partial charge in [0.15, 0.2) is 0 Å². The van der Waals surface area contributed by atoms with Gasteiger partial charge in [-0.3, -0.25) is 0 Å². The minimum atomic E-state index is 0.635. The molecular weight excluding hydrogens is 240 g/mol. The SMILES string of the molecule is CCCc1nccn1CC1CSc2ccccc21. The molecule has 0 saturated heterocycles. The van der Waals surface area contributed by atoms with Gasteiger partial charge in [-0.1, -0.05) is 25.1 Å². The first-order chi connectivity index (χ1) is 8.88. The van der Waals surface area contributed by atoms with E-state index in [2.05, 4.69) is 46.9 Å². The molecular formula is C15H18N2S. The van der Waals surface area contributed by atoms with Crippen LogP contribution in [0.1, 0.15) is 30.7 Å². The van der Waals surface area contributed by atoms with Gasteiger partial charge in [-0.25, -0.2) is 4.98 Å². The first-order valence-corrected chi connectivity index (χ1v) is 7.58.